The van der Waals surface area contributed by atoms with Crippen LogP contribution in [0.25, 0.3) is 10.9 Å². The van der Waals surface area contributed by atoms with E-state index in [0.717, 1.165) is 16.5 Å². The second kappa shape index (κ2) is 8.23. The molecule has 0 saturated heterocycles. The second-order valence-electron chi connectivity index (χ2n) is 7.10. The number of nitrogens with one attached hydrogen (secondary N) is 1. The Hall–Kier alpha value is -2.54. The van der Waals surface area contributed by atoms with Gasteiger partial charge in [0.15, 0.2) is 0 Å². The normalized spacial score (nSPS) is 12.8. The monoisotopic (exact) mass is 362 g/mol. The summed E-state index contributed by atoms with van der Waals surface area (Å²) in [6, 6.07) is 6.69. The van der Waals surface area contributed by atoms with Crippen molar-refractivity contribution in [3.8, 4) is 0 Å². The number of aliphatic carboxylic acids is 1. The Bertz CT molecular complexity index is 776. The number of hydrogen-bond acceptors (Lipinski definition) is 4. The van der Waals surface area contributed by atoms with Crippen molar-refractivity contribution in [2.45, 2.75) is 45.4 Å². The quantitative estimate of drug-likeness (QED) is 0.790. The first-order valence-corrected chi connectivity index (χ1v) is 8.49. The summed E-state index contributed by atoms with van der Waals surface area (Å²) in [6.07, 6.45) is 1.33. The number of ether oxygens (including phenoxy) is 2. The number of carbonyl (C=O) groups is 2. The van der Waals surface area contributed by atoms with Crippen molar-refractivity contribution in [3.05, 3.63) is 36.0 Å². The molecule has 1 aromatic heterocycles. The number of methoxy groups -OCH3 is 1. The van der Waals surface area contributed by atoms with E-state index in [-0.39, 0.29) is 6.42 Å². The summed E-state index contributed by atoms with van der Waals surface area (Å²) in [7, 11) is 1.64. The first-order valence-electron chi connectivity index (χ1n) is 8.49. The van der Waals surface area contributed by atoms with Gasteiger partial charge in [-0.25, -0.2) is 9.59 Å². The fraction of sp³-hybridized carbons (Fsp3) is 0.474. The van der Waals surface area contributed by atoms with Gasteiger partial charge in [-0.1, -0.05) is 18.2 Å². The summed E-state index contributed by atoms with van der Waals surface area (Å²) < 4.78 is 12.3. The number of hydrogen-bond donors (Lipinski definition) is 2. The zero-order valence-electron chi connectivity index (χ0n) is 15.6. The number of alkyl carbamates (subject to hydrolysis) is 1. The van der Waals surface area contributed by atoms with Crippen LogP contribution in [0.3, 0.4) is 0 Å². The molecule has 0 radical (unpaired) electrons. The molecule has 1 aromatic carbocycles. The minimum absolute atomic E-state index is 0.162. The number of carboxylic acid groups (broad SMARTS) is 1. The number of amides is 1. The molecule has 2 rings (SSSR count). The predicted molar refractivity (Wildman–Crippen MR) is 98.3 cm³/mol. The molecule has 2 aromatic rings. The maximum atomic E-state index is 12.0. The smallest absolute Gasteiger partial charge is 0.408 e. The van der Waals surface area contributed by atoms with Crippen molar-refractivity contribution in [1.29, 1.82) is 0 Å². The summed E-state index contributed by atoms with van der Waals surface area (Å²) in [5.41, 5.74) is 1.16. The van der Waals surface area contributed by atoms with Gasteiger partial charge in [0, 0.05) is 37.2 Å². The first kappa shape index (κ1) is 19.8. The number of para-hydroxylation sites is 1. The molecule has 7 heteroatoms. The highest BCUT2D eigenvalue weighted by atomic mass is 16.6. The van der Waals surface area contributed by atoms with E-state index >= 15 is 0 Å². The number of nitrogens with zero attached hydrogens (tertiary/aromatic N) is 1. The Morgan fingerprint density at radius 1 is 1.27 bits per heavy atom. The average molecular weight is 362 g/mol. The highest BCUT2D eigenvalue weighted by Gasteiger charge is 2.25. The first-order chi connectivity index (χ1) is 12.2. The largest absolute Gasteiger partial charge is 0.480 e. The highest BCUT2D eigenvalue weighted by molar-refractivity contribution is 5.86. The van der Waals surface area contributed by atoms with Gasteiger partial charge in [-0.3, -0.25) is 0 Å². The third-order valence-electron chi connectivity index (χ3n) is 3.82. The molecule has 1 amide bonds. The Morgan fingerprint density at radius 3 is 2.58 bits per heavy atom. The standard InChI is InChI=1S/C19H26N2O5/c1-19(2,3)26-18(24)20-15(17(22)23)11-13-12-21(9-10-25-4)16-8-6-5-7-14(13)16/h5-8,12,15H,9-11H2,1-4H3,(H,20,24)(H,22,23). The van der Waals surface area contributed by atoms with E-state index in [9.17, 15) is 14.7 Å². The molecule has 0 aliphatic carbocycles. The topological polar surface area (TPSA) is 89.8 Å². The van der Waals surface area contributed by atoms with Gasteiger partial charge in [0.1, 0.15) is 11.6 Å². The molecule has 0 saturated carbocycles. The SMILES string of the molecule is COCCn1cc(CC(NC(=O)OC(C)(C)C)C(=O)O)c2ccccc21. The summed E-state index contributed by atoms with van der Waals surface area (Å²) in [4.78, 5) is 23.6. The number of carbonyl (C=O) groups excluding carboxylic acids is 1. The lowest BCUT2D eigenvalue weighted by atomic mass is 10.1. The minimum atomic E-state index is -1.11. The molecule has 0 bridgehead atoms. The van der Waals surface area contributed by atoms with Crippen molar-refractivity contribution < 1.29 is 24.2 Å². The van der Waals surface area contributed by atoms with Crippen LogP contribution >= 0.6 is 0 Å². The van der Waals surface area contributed by atoms with Gasteiger partial charge in [0.05, 0.1) is 6.61 Å². The Kier molecular flexibility index (Phi) is 6.26. The lowest BCUT2D eigenvalue weighted by Gasteiger charge is -2.22. The van der Waals surface area contributed by atoms with Crippen molar-refractivity contribution in [2.24, 2.45) is 0 Å². The lowest BCUT2D eigenvalue weighted by molar-refractivity contribution is -0.139. The Balaban J connectivity index is 2.23. The molecule has 0 aliphatic rings. The fourth-order valence-corrected chi connectivity index (χ4v) is 2.73. The molecule has 2 N–H and O–H groups in total. The Labute approximate surface area is 152 Å². The van der Waals surface area contributed by atoms with Gasteiger partial charge >= 0.3 is 12.1 Å². The third kappa shape index (κ3) is 5.23. The van der Waals surface area contributed by atoms with Gasteiger partial charge in [0.2, 0.25) is 0 Å². The fourth-order valence-electron chi connectivity index (χ4n) is 2.73. The van der Waals surface area contributed by atoms with Crippen molar-refractivity contribution in [2.75, 3.05) is 13.7 Å². The van der Waals surface area contributed by atoms with E-state index in [1.54, 1.807) is 27.9 Å². The van der Waals surface area contributed by atoms with Crippen LogP contribution in [0.2, 0.25) is 0 Å². The molecule has 1 atom stereocenters. The second-order valence-corrected chi connectivity index (χ2v) is 7.10. The van der Waals surface area contributed by atoms with E-state index in [4.69, 9.17) is 9.47 Å². The van der Waals surface area contributed by atoms with E-state index < -0.39 is 23.7 Å². The van der Waals surface area contributed by atoms with Gasteiger partial charge in [-0.15, -0.1) is 0 Å². The number of carboxylic acids is 1. The number of rotatable bonds is 7. The van der Waals surface area contributed by atoms with Crippen molar-refractivity contribution in [1.82, 2.24) is 9.88 Å². The molecule has 0 fully saturated rings. The molecule has 1 heterocycles. The van der Waals surface area contributed by atoms with Gasteiger partial charge in [-0.2, -0.15) is 0 Å². The molecule has 26 heavy (non-hydrogen) atoms. The van der Waals surface area contributed by atoms with E-state index in [0.29, 0.717) is 13.2 Å². The summed E-state index contributed by atoms with van der Waals surface area (Å²) in [5.74, 6) is -1.11. The van der Waals surface area contributed by atoms with Crippen LogP contribution in [0, 0.1) is 0 Å². The molecule has 142 valence electrons. The maximum Gasteiger partial charge on any atom is 0.408 e. The average Bonchev–Trinajstić information content (AvgIpc) is 2.88. The van der Waals surface area contributed by atoms with Gasteiger partial charge in [-0.05, 0) is 32.4 Å². The van der Waals surface area contributed by atoms with E-state index in [1.165, 1.54) is 0 Å². The zero-order valence-corrected chi connectivity index (χ0v) is 15.6. The molecule has 1 unspecified atom stereocenters. The third-order valence-corrected chi connectivity index (χ3v) is 3.82. The van der Waals surface area contributed by atoms with Crippen LogP contribution in [0.4, 0.5) is 4.79 Å². The van der Waals surface area contributed by atoms with E-state index in [2.05, 4.69) is 5.32 Å². The van der Waals surface area contributed by atoms with Crippen LogP contribution in [-0.2, 0) is 27.2 Å². The number of aromatic nitrogens is 1. The number of benzene rings is 1. The van der Waals surface area contributed by atoms with Crippen LogP contribution < -0.4 is 5.32 Å². The summed E-state index contributed by atoms with van der Waals surface area (Å²) in [6.45, 7) is 6.40. The van der Waals surface area contributed by atoms with Crippen molar-refractivity contribution >= 4 is 23.0 Å². The Morgan fingerprint density at radius 2 is 1.96 bits per heavy atom. The van der Waals surface area contributed by atoms with Crippen LogP contribution in [0.15, 0.2) is 30.5 Å². The molecule has 0 spiro atoms. The zero-order chi connectivity index (χ0) is 19.3. The molecular formula is C19H26N2O5. The predicted octanol–water partition coefficient (Wildman–Crippen LogP) is 2.81. The molecular weight excluding hydrogens is 336 g/mol. The summed E-state index contributed by atoms with van der Waals surface area (Å²) >= 11 is 0. The maximum absolute atomic E-state index is 12.0. The minimum Gasteiger partial charge on any atom is -0.480 e. The molecule has 7 nitrogen and oxygen atoms in total. The van der Waals surface area contributed by atoms with Crippen molar-refractivity contribution in [3.63, 3.8) is 0 Å². The van der Waals surface area contributed by atoms with Gasteiger partial charge < -0.3 is 24.5 Å². The van der Waals surface area contributed by atoms with Crippen LogP contribution in [0.5, 0.6) is 0 Å². The number of fused-ring (bicyclic) bond motifs is 1. The lowest BCUT2D eigenvalue weighted by Crippen LogP contribution is -2.44. The van der Waals surface area contributed by atoms with Crippen LogP contribution in [-0.4, -0.2) is 47.1 Å². The molecule has 0 aliphatic heterocycles. The summed E-state index contributed by atoms with van der Waals surface area (Å²) in [5, 5.41) is 12.9. The van der Waals surface area contributed by atoms with Gasteiger partial charge in [0.25, 0.3) is 0 Å². The van der Waals surface area contributed by atoms with Crippen LogP contribution in [0.1, 0.15) is 26.3 Å². The van der Waals surface area contributed by atoms with E-state index in [1.807, 2.05) is 35.0 Å². The highest BCUT2D eigenvalue weighted by Crippen LogP contribution is 2.23.